The highest BCUT2D eigenvalue weighted by Crippen LogP contribution is 2.48. The summed E-state index contributed by atoms with van der Waals surface area (Å²) in [6, 6.07) is 13.4. The van der Waals surface area contributed by atoms with Crippen molar-refractivity contribution in [3.63, 3.8) is 0 Å². The highest BCUT2D eigenvalue weighted by Gasteiger charge is 2.42. The van der Waals surface area contributed by atoms with E-state index in [4.69, 9.17) is 9.47 Å². The van der Waals surface area contributed by atoms with Gasteiger partial charge in [-0.25, -0.2) is 4.79 Å². The highest BCUT2D eigenvalue weighted by atomic mass is 79.9. The molecule has 2 aromatic carbocycles. The van der Waals surface area contributed by atoms with Gasteiger partial charge >= 0.3 is 5.97 Å². The lowest BCUT2D eigenvalue weighted by molar-refractivity contribution is -0.144. The first kappa shape index (κ1) is 25.0. The number of methoxy groups -OCH3 is 1. The fourth-order valence-corrected chi connectivity index (χ4v) is 5.31. The van der Waals surface area contributed by atoms with Crippen molar-refractivity contribution in [2.75, 3.05) is 7.11 Å². The van der Waals surface area contributed by atoms with Crippen LogP contribution in [0.25, 0.3) is 0 Å². The quantitative estimate of drug-likeness (QED) is 0.446. The number of benzene rings is 2. The number of carbonyl (C=O) groups excluding carboxylic acids is 2. The molecule has 2 N–H and O–H groups in total. The SMILES string of the molecule is CC[C@H](C)OC(=O)C1=C(C)NC2=C(C(=O)C[C@@H](c3ccccc3)C2)[C@H]1c1cc(Br)c(O)c(OC)c1. The topological polar surface area (TPSA) is 84.9 Å². The van der Waals surface area contributed by atoms with Gasteiger partial charge in [0.15, 0.2) is 17.3 Å². The molecule has 3 atom stereocenters. The van der Waals surface area contributed by atoms with Gasteiger partial charge in [0.05, 0.1) is 23.3 Å². The van der Waals surface area contributed by atoms with E-state index in [0.29, 0.717) is 46.1 Å². The Bertz CT molecular complexity index is 1220. The van der Waals surface area contributed by atoms with Gasteiger partial charge in [0, 0.05) is 29.3 Å². The Morgan fingerprint density at radius 3 is 2.57 bits per heavy atom. The number of rotatable bonds is 6. The molecule has 2 aromatic rings. The lowest BCUT2D eigenvalue weighted by Crippen LogP contribution is -2.36. The molecular weight excluding hydrogens is 510 g/mol. The van der Waals surface area contributed by atoms with E-state index < -0.39 is 11.9 Å². The minimum Gasteiger partial charge on any atom is -0.503 e. The molecule has 7 heteroatoms. The first-order chi connectivity index (χ1) is 16.7. The third kappa shape index (κ3) is 4.87. The van der Waals surface area contributed by atoms with E-state index in [1.807, 2.05) is 51.1 Å². The van der Waals surface area contributed by atoms with E-state index in [-0.39, 0.29) is 29.3 Å². The number of ether oxygens (including phenoxy) is 2. The number of halogens is 1. The van der Waals surface area contributed by atoms with Crippen LogP contribution in [0.3, 0.4) is 0 Å². The lowest BCUT2D eigenvalue weighted by atomic mass is 9.71. The van der Waals surface area contributed by atoms with Crippen molar-refractivity contribution >= 4 is 27.7 Å². The molecule has 0 bridgehead atoms. The van der Waals surface area contributed by atoms with Gasteiger partial charge in [0.25, 0.3) is 0 Å². The van der Waals surface area contributed by atoms with Crippen LogP contribution in [0.5, 0.6) is 11.5 Å². The van der Waals surface area contributed by atoms with Gasteiger partial charge in [-0.3, -0.25) is 4.79 Å². The Kier molecular flexibility index (Phi) is 7.36. The van der Waals surface area contributed by atoms with E-state index in [1.165, 1.54) is 7.11 Å². The molecule has 0 aromatic heterocycles. The third-order valence-electron chi connectivity index (χ3n) is 6.81. The number of esters is 1. The zero-order valence-corrected chi connectivity index (χ0v) is 21.9. The summed E-state index contributed by atoms with van der Waals surface area (Å²) < 4.78 is 11.5. The predicted octanol–water partition coefficient (Wildman–Crippen LogP) is 5.87. The van der Waals surface area contributed by atoms with E-state index in [9.17, 15) is 14.7 Å². The Morgan fingerprint density at radius 2 is 1.91 bits per heavy atom. The molecule has 0 amide bonds. The zero-order chi connectivity index (χ0) is 25.3. The summed E-state index contributed by atoms with van der Waals surface area (Å²) in [6.45, 7) is 5.64. The Morgan fingerprint density at radius 1 is 1.20 bits per heavy atom. The molecule has 0 unspecified atom stereocenters. The van der Waals surface area contributed by atoms with Crippen molar-refractivity contribution in [1.29, 1.82) is 0 Å². The van der Waals surface area contributed by atoms with Gasteiger partial charge in [-0.05, 0) is 71.8 Å². The zero-order valence-electron chi connectivity index (χ0n) is 20.4. The van der Waals surface area contributed by atoms with Crippen molar-refractivity contribution in [1.82, 2.24) is 5.32 Å². The average molecular weight is 540 g/mol. The maximum atomic E-state index is 13.7. The van der Waals surface area contributed by atoms with Gasteiger partial charge in [-0.15, -0.1) is 0 Å². The van der Waals surface area contributed by atoms with Crippen LogP contribution in [-0.4, -0.2) is 30.1 Å². The summed E-state index contributed by atoms with van der Waals surface area (Å²) in [5.41, 5.74) is 4.23. The van der Waals surface area contributed by atoms with Crippen molar-refractivity contribution in [2.24, 2.45) is 0 Å². The number of aromatic hydroxyl groups is 1. The molecule has 1 heterocycles. The Hall–Kier alpha value is -3.06. The number of Topliss-reactive ketones (excluding diaryl/α,β-unsaturated/α-hetero) is 1. The number of hydrogen-bond acceptors (Lipinski definition) is 6. The van der Waals surface area contributed by atoms with Crippen molar-refractivity contribution < 1.29 is 24.2 Å². The second kappa shape index (κ2) is 10.3. The van der Waals surface area contributed by atoms with Crippen LogP contribution in [0.15, 0.2) is 69.5 Å². The maximum Gasteiger partial charge on any atom is 0.337 e. The number of ketones is 1. The molecule has 2 aliphatic rings. The molecule has 0 fully saturated rings. The third-order valence-corrected chi connectivity index (χ3v) is 7.41. The monoisotopic (exact) mass is 539 g/mol. The van der Waals surface area contributed by atoms with Crippen LogP contribution in [0.1, 0.15) is 63.0 Å². The maximum absolute atomic E-state index is 13.7. The number of allylic oxidation sites excluding steroid dienone is 3. The molecular formula is C28H30BrNO5. The number of hydrogen-bond donors (Lipinski definition) is 2. The molecule has 0 saturated carbocycles. The van der Waals surface area contributed by atoms with Gasteiger partial charge in [-0.1, -0.05) is 37.3 Å². The summed E-state index contributed by atoms with van der Waals surface area (Å²) in [4.78, 5) is 27.1. The predicted molar refractivity (Wildman–Crippen MR) is 137 cm³/mol. The fraction of sp³-hybridized carbons (Fsp3) is 0.357. The fourth-order valence-electron chi connectivity index (χ4n) is 4.85. The van der Waals surface area contributed by atoms with E-state index in [0.717, 1.165) is 11.3 Å². The smallest absolute Gasteiger partial charge is 0.337 e. The summed E-state index contributed by atoms with van der Waals surface area (Å²) in [5, 5.41) is 13.7. The number of phenols is 1. The van der Waals surface area contributed by atoms with Crippen LogP contribution in [0.4, 0.5) is 0 Å². The molecule has 4 rings (SSSR count). The normalized spacial score (nSPS) is 20.8. The molecule has 1 aliphatic heterocycles. The molecule has 0 saturated heterocycles. The van der Waals surface area contributed by atoms with Crippen LogP contribution < -0.4 is 10.1 Å². The molecule has 0 spiro atoms. The highest BCUT2D eigenvalue weighted by molar-refractivity contribution is 9.10. The molecule has 35 heavy (non-hydrogen) atoms. The molecule has 1 aliphatic carbocycles. The van der Waals surface area contributed by atoms with Crippen molar-refractivity contribution in [3.8, 4) is 11.5 Å². The van der Waals surface area contributed by atoms with Crippen molar-refractivity contribution in [3.05, 3.63) is 80.6 Å². The van der Waals surface area contributed by atoms with E-state index in [2.05, 4.69) is 21.2 Å². The van der Waals surface area contributed by atoms with E-state index in [1.54, 1.807) is 12.1 Å². The number of dihydropyridines is 1. The average Bonchev–Trinajstić information content (AvgIpc) is 2.84. The van der Waals surface area contributed by atoms with Crippen LogP contribution >= 0.6 is 15.9 Å². The standard InChI is InChI=1S/C28H30BrNO5/c1-5-15(2)35-28(33)24-16(3)30-21-12-18(17-9-7-6-8-10-17)13-22(31)26(21)25(24)19-11-20(29)27(32)23(14-19)34-4/h6-11,14-15,18,25,30,32H,5,12-13H2,1-4H3/t15-,18-,25-/m0/s1. The lowest BCUT2D eigenvalue weighted by Gasteiger charge is -2.37. The number of nitrogens with one attached hydrogen (secondary N) is 1. The first-order valence-corrected chi connectivity index (χ1v) is 12.6. The minimum atomic E-state index is -0.641. The summed E-state index contributed by atoms with van der Waals surface area (Å²) in [7, 11) is 1.47. The largest absolute Gasteiger partial charge is 0.503 e. The minimum absolute atomic E-state index is 0.0119. The Labute approximate surface area is 214 Å². The van der Waals surface area contributed by atoms with E-state index >= 15 is 0 Å². The van der Waals surface area contributed by atoms with Gasteiger partial charge in [-0.2, -0.15) is 0 Å². The first-order valence-electron chi connectivity index (χ1n) is 11.8. The van der Waals surface area contributed by atoms with Crippen LogP contribution in [0.2, 0.25) is 0 Å². The van der Waals surface area contributed by atoms with Gasteiger partial charge in [0.2, 0.25) is 0 Å². The summed E-state index contributed by atoms with van der Waals surface area (Å²) in [5.74, 6) is -0.837. The van der Waals surface area contributed by atoms with Gasteiger partial charge in [0.1, 0.15) is 0 Å². The number of phenolic OH excluding ortho intramolecular Hbond substituents is 1. The summed E-state index contributed by atoms with van der Waals surface area (Å²) in [6.07, 6.45) is 1.43. The summed E-state index contributed by atoms with van der Waals surface area (Å²) >= 11 is 3.39. The number of carbonyl (C=O) groups is 2. The van der Waals surface area contributed by atoms with Crippen molar-refractivity contribution in [2.45, 2.75) is 58.0 Å². The second-order valence-electron chi connectivity index (χ2n) is 9.11. The molecule has 6 nitrogen and oxygen atoms in total. The second-order valence-corrected chi connectivity index (χ2v) is 9.96. The molecule has 184 valence electrons. The Balaban J connectivity index is 1.85. The van der Waals surface area contributed by atoms with Crippen LogP contribution in [0, 0.1) is 0 Å². The molecule has 0 radical (unpaired) electrons. The van der Waals surface area contributed by atoms with Gasteiger partial charge < -0.3 is 19.9 Å². The van der Waals surface area contributed by atoms with Crippen LogP contribution in [-0.2, 0) is 14.3 Å².